The van der Waals surface area contributed by atoms with E-state index in [2.05, 4.69) is 10.1 Å². The summed E-state index contributed by atoms with van der Waals surface area (Å²) in [5.41, 5.74) is 8.04. The number of aryl methyl sites for hydroxylation is 1. The monoisotopic (exact) mass is 236 g/mol. The summed E-state index contributed by atoms with van der Waals surface area (Å²) in [7, 11) is 1.84. The molecule has 0 amide bonds. The second-order valence-electron chi connectivity index (χ2n) is 3.67. The Morgan fingerprint density at radius 2 is 2.31 bits per heavy atom. The lowest BCUT2D eigenvalue weighted by Gasteiger charge is -2.12. The van der Waals surface area contributed by atoms with Gasteiger partial charge in [-0.05, 0) is 18.1 Å². The van der Waals surface area contributed by atoms with Gasteiger partial charge in [0.15, 0.2) is 0 Å². The summed E-state index contributed by atoms with van der Waals surface area (Å²) in [5.74, 6) is 0. The molecule has 2 heterocycles. The molecule has 2 aromatic heterocycles. The van der Waals surface area contributed by atoms with E-state index < -0.39 is 0 Å². The Bertz CT molecular complexity index is 447. The van der Waals surface area contributed by atoms with Crippen molar-refractivity contribution in [3.63, 3.8) is 0 Å². The van der Waals surface area contributed by atoms with Crippen molar-refractivity contribution in [3.05, 3.63) is 47.0 Å². The van der Waals surface area contributed by atoms with Crippen LogP contribution in [0, 0.1) is 0 Å². The van der Waals surface area contributed by atoms with Crippen molar-refractivity contribution < 1.29 is 0 Å². The quantitative estimate of drug-likeness (QED) is 0.883. The van der Waals surface area contributed by atoms with Crippen molar-refractivity contribution in [2.24, 2.45) is 12.8 Å². The minimum Gasteiger partial charge on any atom is -0.322 e. The van der Waals surface area contributed by atoms with E-state index in [9.17, 15) is 0 Å². The highest BCUT2D eigenvalue weighted by molar-refractivity contribution is 6.31. The zero-order chi connectivity index (χ0) is 11.5. The molecule has 2 rings (SSSR count). The number of nitrogens with two attached hydrogens (primary N) is 1. The van der Waals surface area contributed by atoms with Gasteiger partial charge in [-0.25, -0.2) is 0 Å². The molecule has 0 aliphatic rings. The van der Waals surface area contributed by atoms with Crippen LogP contribution in [0.1, 0.15) is 17.3 Å². The van der Waals surface area contributed by atoms with Crippen LogP contribution in [0.4, 0.5) is 0 Å². The first-order valence-electron chi connectivity index (χ1n) is 5.00. The van der Waals surface area contributed by atoms with Crippen molar-refractivity contribution in [2.45, 2.75) is 12.5 Å². The maximum Gasteiger partial charge on any atom is 0.0834 e. The topological polar surface area (TPSA) is 56.7 Å². The van der Waals surface area contributed by atoms with Gasteiger partial charge < -0.3 is 5.73 Å². The molecule has 2 N–H and O–H groups in total. The van der Waals surface area contributed by atoms with Crippen molar-refractivity contribution >= 4 is 11.6 Å². The van der Waals surface area contributed by atoms with Gasteiger partial charge in [-0.15, -0.1) is 0 Å². The van der Waals surface area contributed by atoms with Crippen LogP contribution >= 0.6 is 11.6 Å². The SMILES string of the molecule is Cn1ncc(Cl)c1C(N)Cc1cccnc1. The minimum absolute atomic E-state index is 0.163. The summed E-state index contributed by atoms with van der Waals surface area (Å²) >= 11 is 6.03. The summed E-state index contributed by atoms with van der Waals surface area (Å²) in [6.07, 6.45) is 5.86. The molecule has 16 heavy (non-hydrogen) atoms. The average Bonchev–Trinajstić information content (AvgIpc) is 2.60. The zero-order valence-corrected chi connectivity index (χ0v) is 9.72. The Balaban J connectivity index is 2.18. The Kier molecular flexibility index (Phi) is 3.22. The Labute approximate surface area is 99.1 Å². The number of nitrogens with zero attached hydrogens (tertiary/aromatic N) is 3. The molecular weight excluding hydrogens is 224 g/mol. The van der Waals surface area contributed by atoms with Gasteiger partial charge in [0.1, 0.15) is 0 Å². The zero-order valence-electron chi connectivity index (χ0n) is 8.97. The third-order valence-corrected chi connectivity index (χ3v) is 2.76. The molecule has 0 spiro atoms. The third-order valence-electron chi connectivity index (χ3n) is 2.47. The summed E-state index contributed by atoms with van der Waals surface area (Å²) in [4.78, 5) is 4.05. The third kappa shape index (κ3) is 2.23. The molecule has 0 aliphatic carbocycles. The van der Waals surface area contributed by atoms with Gasteiger partial charge in [-0.1, -0.05) is 17.7 Å². The van der Waals surface area contributed by atoms with Gasteiger partial charge in [0.25, 0.3) is 0 Å². The largest absolute Gasteiger partial charge is 0.322 e. The number of hydrogen-bond donors (Lipinski definition) is 1. The van der Waals surface area contributed by atoms with E-state index in [1.54, 1.807) is 17.1 Å². The molecule has 0 bridgehead atoms. The lowest BCUT2D eigenvalue weighted by atomic mass is 10.1. The molecule has 2 aromatic rings. The molecule has 4 nitrogen and oxygen atoms in total. The van der Waals surface area contributed by atoms with Crippen molar-refractivity contribution in [1.82, 2.24) is 14.8 Å². The second-order valence-corrected chi connectivity index (χ2v) is 4.08. The molecule has 0 saturated carbocycles. The molecule has 0 radical (unpaired) electrons. The number of aromatic nitrogens is 3. The van der Waals surface area contributed by atoms with Gasteiger partial charge >= 0.3 is 0 Å². The normalized spacial score (nSPS) is 12.7. The molecule has 0 aromatic carbocycles. The Hall–Kier alpha value is -1.39. The first kappa shape index (κ1) is 11.1. The van der Waals surface area contributed by atoms with E-state index in [1.165, 1.54) is 0 Å². The second kappa shape index (κ2) is 4.63. The first-order chi connectivity index (χ1) is 7.68. The predicted octanol–water partition coefficient (Wildman–Crippen LogP) is 1.71. The first-order valence-corrected chi connectivity index (χ1v) is 5.38. The van der Waals surface area contributed by atoms with Gasteiger partial charge in [0.2, 0.25) is 0 Å². The Morgan fingerprint density at radius 1 is 1.50 bits per heavy atom. The molecule has 5 heteroatoms. The van der Waals surface area contributed by atoms with E-state index in [-0.39, 0.29) is 6.04 Å². The maximum atomic E-state index is 6.10. The highest BCUT2D eigenvalue weighted by Crippen LogP contribution is 2.22. The average molecular weight is 237 g/mol. The lowest BCUT2D eigenvalue weighted by Crippen LogP contribution is -2.17. The van der Waals surface area contributed by atoms with Gasteiger partial charge in [-0.2, -0.15) is 5.10 Å². The van der Waals surface area contributed by atoms with Crippen LogP contribution in [0.15, 0.2) is 30.7 Å². The van der Waals surface area contributed by atoms with Gasteiger partial charge in [0.05, 0.1) is 23.0 Å². The van der Waals surface area contributed by atoms with E-state index >= 15 is 0 Å². The van der Waals surface area contributed by atoms with E-state index in [1.807, 2.05) is 25.4 Å². The van der Waals surface area contributed by atoms with Crippen molar-refractivity contribution in [2.75, 3.05) is 0 Å². The van der Waals surface area contributed by atoms with Crippen LogP contribution in [0.3, 0.4) is 0 Å². The van der Waals surface area contributed by atoms with Crippen LogP contribution in [-0.2, 0) is 13.5 Å². The standard InChI is InChI=1S/C11H13ClN4/c1-16-11(9(12)7-15-16)10(13)5-8-3-2-4-14-6-8/h2-4,6-7,10H,5,13H2,1H3. The molecular formula is C11H13ClN4. The van der Waals surface area contributed by atoms with Gasteiger partial charge in [-0.3, -0.25) is 9.67 Å². The molecule has 0 fully saturated rings. The molecule has 84 valence electrons. The fraction of sp³-hybridized carbons (Fsp3) is 0.273. The van der Waals surface area contributed by atoms with Crippen molar-refractivity contribution in [1.29, 1.82) is 0 Å². The molecule has 1 atom stereocenters. The number of rotatable bonds is 3. The lowest BCUT2D eigenvalue weighted by molar-refractivity contribution is 0.616. The number of pyridine rings is 1. The highest BCUT2D eigenvalue weighted by Gasteiger charge is 2.15. The van der Waals surface area contributed by atoms with Crippen LogP contribution in [0.5, 0.6) is 0 Å². The molecule has 0 aliphatic heterocycles. The van der Waals surface area contributed by atoms with Crippen LogP contribution in [-0.4, -0.2) is 14.8 Å². The van der Waals surface area contributed by atoms with E-state index in [0.717, 1.165) is 11.3 Å². The smallest absolute Gasteiger partial charge is 0.0834 e. The fourth-order valence-electron chi connectivity index (χ4n) is 1.71. The van der Waals surface area contributed by atoms with Crippen molar-refractivity contribution in [3.8, 4) is 0 Å². The minimum atomic E-state index is -0.163. The maximum absolute atomic E-state index is 6.10. The fourth-order valence-corrected chi connectivity index (χ4v) is 2.01. The number of halogens is 1. The van der Waals surface area contributed by atoms with Crippen LogP contribution in [0.25, 0.3) is 0 Å². The Morgan fingerprint density at radius 3 is 2.88 bits per heavy atom. The summed E-state index contributed by atoms with van der Waals surface area (Å²) < 4.78 is 1.71. The van der Waals surface area contributed by atoms with E-state index in [0.29, 0.717) is 11.4 Å². The number of hydrogen-bond acceptors (Lipinski definition) is 3. The molecule has 1 unspecified atom stereocenters. The van der Waals surface area contributed by atoms with Crippen LogP contribution in [0.2, 0.25) is 5.02 Å². The summed E-state index contributed by atoms with van der Waals surface area (Å²) in [5, 5.41) is 4.68. The van der Waals surface area contributed by atoms with Gasteiger partial charge in [0, 0.05) is 19.4 Å². The molecule has 0 saturated heterocycles. The summed E-state index contributed by atoms with van der Waals surface area (Å²) in [6, 6.07) is 3.73. The predicted molar refractivity (Wildman–Crippen MR) is 63.1 cm³/mol. The van der Waals surface area contributed by atoms with Crippen LogP contribution < -0.4 is 5.73 Å². The highest BCUT2D eigenvalue weighted by atomic mass is 35.5. The summed E-state index contributed by atoms with van der Waals surface area (Å²) in [6.45, 7) is 0. The van der Waals surface area contributed by atoms with E-state index in [4.69, 9.17) is 17.3 Å².